The van der Waals surface area contributed by atoms with E-state index >= 15 is 0 Å². The molecule has 1 aromatic carbocycles. The smallest absolute Gasteiger partial charge is 0.137 e. The third-order valence-electron chi connectivity index (χ3n) is 9.15. The van der Waals surface area contributed by atoms with Crippen LogP contribution in [-0.2, 0) is 0 Å². The van der Waals surface area contributed by atoms with Gasteiger partial charge in [0.1, 0.15) is 25.0 Å². The second-order valence-corrected chi connectivity index (χ2v) is 10.5. The van der Waals surface area contributed by atoms with E-state index in [4.69, 9.17) is 4.74 Å². The zero-order chi connectivity index (χ0) is 19.6. The number of aliphatic hydroxyl groups is 1. The zero-order valence-corrected chi connectivity index (χ0v) is 17.9. The van der Waals surface area contributed by atoms with Crippen LogP contribution < -0.4 is 10.1 Å². The number of fused-ring (bicyclic) bond motifs is 5. The predicted octanol–water partition coefficient (Wildman–Crippen LogP) is 4.01. The Morgan fingerprint density at radius 2 is 1.48 bits per heavy atom. The minimum atomic E-state index is -0.386. The Morgan fingerprint density at radius 3 is 2.38 bits per heavy atom. The Hall–Kier alpha value is -1.06. The summed E-state index contributed by atoms with van der Waals surface area (Å²) in [7, 11) is 0. The number of nitrogens with two attached hydrogens (primary N) is 1. The molecule has 29 heavy (non-hydrogen) atoms. The van der Waals surface area contributed by atoms with Crippen LogP contribution in [0.5, 0.6) is 5.75 Å². The lowest BCUT2D eigenvalue weighted by molar-refractivity contribution is -0.700. The van der Waals surface area contributed by atoms with Gasteiger partial charge < -0.3 is 15.2 Å². The summed E-state index contributed by atoms with van der Waals surface area (Å²) < 4.78 is 5.74. The molecule has 0 radical (unpaired) electrons. The van der Waals surface area contributed by atoms with Gasteiger partial charge in [0, 0.05) is 5.92 Å². The lowest BCUT2D eigenvalue weighted by atomic mass is 9.53. The van der Waals surface area contributed by atoms with E-state index in [9.17, 15) is 5.11 Å². The Balaban J connectivity index is 1.12. The molecule has 0 spiro atoms. The number of rotatable bonds is 6. The Bertz CT molecular complexity index is 649. The van der Waals surface area contributed by atoms with Crippen LogP contribution in [-0.4, -0.2) is 30.4 Å². The van der Waals surface area contributed by atoms with E-state index in [0.717, 1.165) is 53.8 Å². The van der Waals surface area contributed by atoms with Gasteiger partial charge in [-0.2, -0.15) is 0 Å². The number of hydrogen-bond acceptors (Lipinski definition) is 2. The van der Waals surface area contributed by atoms with Crippen LogP contribution >= 0.6 is 0 Å². The molecule has 3 N–H and O–H groups in total. The molecule has 0 amide bonds. The van der Waals surface area contributed by atoms with Gasteiger partial charge in [-0.05, 0) is 86.7 Å². The quantitative estimate of drug-likeness (QED) is 0.760. The maximum atomic E-state index is 10.4. The number of para-hydroxylation sites is 1. The first-order chi connectivity index (χ1) is 14.3. The van der Waals surface area contributed by atoms with Gasteiger partial charge in [0.2, 0.25) is 0 Å². The van der Waals surface area contributed by atoms with Crippen LogP contribution in [0.2, 0.25) is 0 Å². The molecule has 1 aromatic rings. The third kappa shape index (κ3) is 4.23. The molecule has 4 aliphatic carbocycles. The summed E-state index contributed by atoms with van der Waals surface area (Å²) in [5, 5.41) is 12.9. The summed E-state index contributed by atoms with van der Waals surface area (Å²) in [5.74, 6) is 6.96. The van der Waals surface area contributed by atoms with Crippen molar-refractivity contribution in [3.63, 3.8) is 0 Å². The van der Waals surface area contributed by atoms with Crippen molar-refractivity contribution >= 4 is 0 Å². The fourth-order valence-electron chi connectivity index (χ4n) is 7.93. The molecule has 4 aliphatic rings. The maximum Gasteiger partial charge on any atom is 0.137 e. The molecule has 0 saturated heterocycles. The van der Waals surface area contributed by atoms with Crippen LogP contribution in [0, 0.1) is 35.5 Å². The molecule has 4 fully saturated rings. The van der Waals surface area contributed by atoms with E-state index in [1.54, 1.807) is 0 Å². The maximum absolute atomic E-state index is 10.4. The van der Waals surface area contributed by atoms with Gasteiger partial charge >= 0.3 is 0 Å². The number of benzene rings is 1. The SMILES string of the molecule is O[C@H](C[NH2+][C@@H]1CC[C@H]2[C@H]3CC[C@H]4CCCC[C@@H]4[C@@H]3CC[C@@H]21)COc1ccccc1. The van der Waals surface area contributed by atoms with Gasteiger partial charge in [0.15, 0.2) is 0 Å². The Morgan fingerprint density at radius 1 is 0.793 bits per heavy atom. The normalized spacial score (nSPS) is 39.8. The lowest BCUT2D eigenvalue weighted by Gasteiger charge is -2.52. The molecule has 3 nitrogen and oxygen atoms in total. The summed E-state index contributed by atoms with van der Waals surface area (Å²) in [5.41, 5.74) is 0. The monoisotopic (exact) mass is 398 g/mol. The molecular formula is C26H40NO2+. The highest BCUT2D eigenvalue weighted by Crippen LogP contribution is 2.57. The van der Waals surface area contributed by atoms with Gasteiger partial charge in [0.05, 0.1) is 6.04 Å². The van der Waals surface area contributed by atoms with Crippen molar-refractivity contribution in [2.24, 2.45) is 35.5 Å². The Labute approximate surface area is 176 Å². The van der Waals surface area contributed by atoms with Gasteiger partial charge in [-0.1, -0.05) is 37.5 Å². The summed E-state index contributed by atoms with van der Waals surface area (Å²) in [6.07, 6.45) is 14.5. The fourth-order valence-corrected chi connectivity index (χ4v) is 7.93. The molecular weight excluding hydrogens is 358 g/mol. The van der Waals surface area contributed by atoms with Crippen molar-refractivity contribution in [2.75, 3.05) is 13.2 Å². The van der Waals surface area contributed by atoms with E-state index < -0.39 is 0 Å². The highest BCUT2D eigenvalue weighted by Gasteiger charge is 2.52. The molecule has 0 heterocycles. The number of aliphatic hydroxyl groups excluding tert-OH is 1. The average Bonchev–Trinajstić information content (AvgIpc) is 3.20. The van der Waals surface area contributed by atoms with Crippen molar-refractivity contribution < 1.29 is 15.2 Å². The molecule has 4 saturated carbocycles. The van der Waals surface area contributed by atoms with Crippen molar-refractivity contribution in [3.8, 4) is 5.75 Å². The molecule has 3 heteroatoms. The average molecular weight is 399 g/mol. The largest absolute Gasteiger partial charge is 0.491 e. The number of ether oxygens (including phenoxy) is 1. The first kappa shape index (κ1) is 19.9. The van der Waals surface area contributed by atoms with Crippen LogP contribution in [0.15, 0.2) is 30.3 Å². The van der Waals surface area contributed by atoms with Gasteiger partial charge in [-0.25, -0.2) is 0 Å². The molecule has 160 valence electrons. The molecule has 8 atom stereocenters. The highest BCUT2D eigenvalue weighted by molar-refractivity contribution is 5.20. The minimum Gasteiger partial charge on any atom is -0.491 e. The van der Waals surface area contributed by atoms with Gasteiger partial charge in [-0.3, -0.25) is 0 Å². The minimum absolute atomic E-state index is 0.386. The molecule has 0 bridgehead atoms. The molecule has 0 aliphatic heterocycles. The van der Waals surface area contributed by atoms with Crippen molar-refractivity contribution in [3.05, 3.63) is 30.3 Å². The van der Waals surface area contributed by atoms with E-state index in [1.165, 1.54) is 64.2 Å². The molecule has 0 aromatic heterocycles. The fraction of sp³-hybridized carbons (Fsp3) is 0.769. The first-order valence-corrected chi connectivity index (χ1v) is 12.5. The van der Waals surface area contributed by atoms with Crippen LogP contribution in [0.1, 0.15) is 64.2 Å². The third-order valence-corrected chi connectivity index (χ3v) is 9.15. The van der Waals surface area contributed by atoms with Gasteiger partial charge in [-0.15, -0.1) is 0 Å². The van der Waals surface area contributed by atoms with Crippen LogP contribution in [0.4, 0.5) is 0 Å². The zero-order valence-electron chi connectivity index (χ0n) is 17.9. The summed E-state index contributed by atoms with van der Waals surface area (Å²) in [6, 6.07) is 10.6. The number of hydrogen-bond donors (Lipinski definition) is 2. The van der Waals surface area contributed by atoms with E-state index in [1.807, 2.05) is 30.3 Å². The summed E-state index contributed by atoms with van der Waals surface area (Å²) in [4.78, 5) is 0. The van der Waals surface area contributed by atoms with Crippen molar-refractivity contribution in [1.29, 1.82) is 0 Å². The second kappa shape index (κ2) is 8.98. The number of quaternary nitrogens is 1. The molecule has 0 unspecified atom stereocenters. The van der Waals surface area contributed by atoms with E-state index in [-0.39, 0.29) is 6.10 Å². The van der Waals surface area contributed by atoms with Crippen molar-refractivity contribution in [1.82, 2.24) is 0 Å². The van der Waals surface area contributed by atoms with Crippen molar-refractivity contribution in [2.45, 2.75) is 76.4 Å². The Kier molecular flexibility index (Phi) is 6.15. The summed E-state index contributed by atoms with van der Waals surface area (Å²) in [6.45, 7) is 1.18. The van der Waals surface area contributed by atoms with E-state index in [0.29, 0.717) is 6.61 Å². The standard InChI is InChI=1S/C26H39NO2/c28-19(17-29-20-7-2-1-3-8-20)16-27-26-15-14-24-23-11-10-18-6-4-5-9-21(18)22(23)12-13-25(24)26/h1-3,7-8,18-19,21-28H,4-6,9-17H2/p+1/t18-,19-,21+,22+,23+,24+,25+,26-/m1/s1. The van der Waals surface area contributed by atoms with E-state index in [2.05, 4.69) is 5.32 Å². The van der Waals surface area contributed by atoms with Crippen LogP contribution in [0.25, 0.3) is 0 Å². The highest BCUT2D eigenvalue weighted by atomic mass is 16.5. The molecule has 5 rings (SSSR count). The lowest BCUT2D eigenvalue weighted by Crippen LogP contribution is -2.93. The summed E-state index contributed by atoms with van der Waals surface area (Å²) >= 11 is 0. The first-order valence-electron chi connectivity index (χ1n) is 12.5. The second-order valence-electron chi connectivity index (χ2n) is 10.5. The van der Waals surface area contributed by atoms with Crippen LogP contribution in [0.3, 0.4) is 0 Å². The predicted molar refractivity (Wildman–Crippen MR) is 116 cm³/mol. The van der Waals surface area contributed by atoms with Gasteiger partial charge in [0.25, 0.3) is 0 Å². The topological polar surface area (TPSA) is 46.1 Å².